The molecule has 1 N–H and O–H groups in total. The molecule has 0 radical (unpaired) electrons. The number of anilines is 1. The van der Waals surface area contributed by atoms with Crippen LogP contribution in [0.25, 0.3) is 6.08 Å². The van der Waals surface area contributed by atoms with Gasteiger partial charge >= 0.3 is 0 Å². The van der Waals surface area contributed by atoms with Crippen LogP contribution in [0.5, 0.6) is 17.2 Å². The van der Waals surface area contributed by atoms with Gasteiger partial charge in [0, 0.05) is 12.7 Å². The van der Waals surface area contributed by atoms with Gasteiger partial charge in [0.2, 0.25) is 5.91 Å². The van der Waals surface area contributed by atoms with Crippen LogP contribution in [-0.2, 0) is 9.53 Å². The zero-order chi connectivity index (χ0) is 21.3. The van der Waals surface area contributed by atoms with Crippen LogP contribution in [0.4, 0.5) is 5.69 Å². The molecule has 1 amide bonds. The summed E-state index contributed by atoms with van der Waals surface area (Å²) in [6.45, 7) is 5.70. The normalized spacial score (nSPS) is 15.9. The minimum absolute atomic E-state index is 0.114. The summed E-state index contributed by atoms with van der Waals surface area (Å²) in [6, 6.07) is 11.2. The first-order chi connectivity index (χ1) is 14.6. The Morgan fingerprint density at radius 2 is 2.03 bits per heavy atom. The highest BCUT2D eigenvalue weighted by atomic mass is 16.5. The Balaban J connectivity index is 1.66. The molecule has 1 unspecified atom stereocenters. The summed E-state index contributed by atoms with van der Waals surface area (Å²) < 4.78 is 22.4. The van der Waals surface area contributed by atoms with E-state index in [1.54, 1.807) is 13.2 Å². The average Bonchev–Trinajstić information content (AvgIpc) is 3.26. The largest absolute Gasteiger partial charge is 0.493 e. The van der Waals surface area contributed by atoms with E-state index in [1.807, 2.05) is 50.2 Å². The Hall–Kier alpha value is -2.99. The van der Waals surface area contributed by atoms with Crippen LogP contribution in [0.2, 0.25) is 0 Å². The number of hydrogen-bond donors (Lipinski definition) is 1. The second-order valence-electron chi connectivity index (χ2n) is 7.11. The number of aryl methyl sites for hydroxylation is 1. The summed E-state index contributed by atoms with van der Waals surface area (Å²) in [4.78, 5) is 12.5. The van der Waals surface area contributed by atoms with Crippen LogP contribution in [0.3, 0.4) is 0 Å². The third kappa shape index (κ3) is 6.00. The van der Waals surface area contributed by atoms with E-state index in [9.17, 15) is 4.79 Å². The minimum atomic E-state index is -0.241. The van der Waals surface area contributed by atoms with Crippen LogP contribution < -0.4 is 19.5 Å². The molecule has 0 aliphatic carbocycles. The Morgan fingerprint density at radius 1 is 1.17 bits per heavy atom. The first kappa shape index (κ1) is 21.7. The molecule has 1 heterocycles. The van der Waals surface area contributed by atoms with Gasteiger partial charge in [0.25, 0.3) is 0 Å². The summed E-state index contributed by atoms with van der Waals surface area (Å²) in [6.07, 6.45) is 5.40. The van der Waals surface area contributed by atoms with Gasteiger partial charge < -0.3 is 24.3 Å². The molecule has 1 saturated heterocycles. The summed E-state index contributed by atoms with van der Waals surface area (Å²) in [5.41, 5.74) is 2.54. The van der Waals surface area contributed by atoms with Crippen LogP contribution in [0.15, 0.2) is 42.5 Å². The number of methoxy groups -OCH3 is 1. The predicted molar refractivity (Wildman–Crippen MR) is 117 cm³/mol. The van der Waals surface area contributed by atoms with Crippen LogP contribution >= 0.6 is 0 Å². The second kappa shape index (κ2) is 10.7. The highest BCUT2D eigenvalue weighted by Crippen LogP contribution is 2.29. The topological polar surface area (TPSA) is 66.0 Å². The molecule has 1 aliphatic heterocycles. The molecular weight excluding hydrogens is 382 g/mol. The number of ether oxygens (including phenoxy) is 4. The fraction of sp³-hybridized carbons (Fsp3) is 0.375. The number of hydrogen-bond acceptors (Lipinski definition) is 5. The highest BCUT2D eigenvalue weighted by molar-refractivity contribution is 6.02. The van der Waals surface area contributed by atoms with Gasteiger partial charge in [-0.25, -0.2) is 0 Å². The van der Waals surface area contributed by atoms with Gasteiger partial charge in [-0.15, -0.1) is 0 Å². The smallest absolute Gasteiger partial charge is 0.248 e. The van der Waals surface area contributed by atoms with Crippen molar-refractivity contribution in [3.8, 4) is 17.2 Å². The molecule has 6 heteroatoms. The Morgan fingerprint density at radius 3 is 2.77 bits per heavy atom. The van der Waals surface area contributed by atoms with Crippen molar-refractivity contribution in [2.24, 2.45) is 0 Å². The van der Waals surface area contributed by atoms with Crippen molar-refractivity contribution in [2.75, 3.05) is 32.2 Å². The van der Waals surface area contributed by atoms with E-state index in [4.69, 9.17) is 18.9 Å². The van der Waals surface area contributed by atoms with Crippen molar-refractivity contribution in [1.82, 2.24) is 0 Å². The van der Waals surface area contributed by atoms with E-state index in [-0.39, 0.29) is 12.0 Å². The highest BCUT2D eigenvalue weighted by Gasteiger charge is 2.17. The lowest BCUT2D eigenvalue weighted by molar-refractivity contribution is -0.111. The fourth-order valence-corrected chi connectivity index (χ4v) is 3.22. The molecular formula is C24H29NO5. The molecule has 1 aliphatic rings. The SMILES string of the molecule is CCOc1cc(C=CC(=O)Nc2ccc(C)cc2OCC2CCCO2)ccc1OC. The lowest BCUT2D eigenvalue weighted by Gasteiger charge is -2.15. The van der Waals surface area contributed by atoms with Crippen LogP contribution in [0.1, 0.15) is 30.9 Å². The van der Waals surface area contributed by atoms with Gasteiger partial charge in [-0.3, -0.25) is 4.79 Å². The third-order valence-corrected chi connectivity index (χ3v) is 4.76. The molecule has 1 atom stereocenters. The number of nitrogens with one attached hydrogen (secondary N) is 1. The van der Waals surface area contributed by atoms with Gasteiger partial charge in [0.15, 0.2) is 11.5 Å². The van der Waals surface area contributed by atoms with Crippen molar-refractivity contribution >= 4 is 17.7 Å². The molecule has 0 bridgehead atoms. The maximum atomic E-state index is 12.5. The first-order valence-electron chi connectivity index (χ1n) is 10.2. The van der Waals surface area contributed by atoms with Crippen molar-refractivity contribution in [3.63, 3.8) is 0 Å². The molecule has 6 nitrogen and oxygen atoms in total. The Kier molecular flexibility index (Phi) is 7.74. The van der Waals surface area contributed by atoms with Gasteiger partial charge in [-0.2, -0.15) is 0 Å². The zero-order valence-electron chi connectivity index (χ0n) is 17.8. The number of carbonyl (C=O) groups excluding carboxylic acids is 1. The first-order valence-corrected chi connectivity index (χ1v) is 10.2. The summed E-state index contributed by atoms with van der Waals surface area (Å²) in [7, 11) is 1.60. The third-order valence-electron chi connectivity index (χ3n) is 4.76. The molecule has 160 valence electrons. The Labute approximate surface area is 177 Å². The van der Waals surface area contributed by atoms with Crippen molar-refractivity contribution < 1.29 is 23.7 Å². The minimum Gasteiger partial charge on any atom is -0.493 e. The van der Waals surface area contributed by atoms with Gasteiger partial charge in [0.05, 0.1) is 25.5 Å². The molecule has 0 saturated carbocycles. The molecule has 3 rings (SSSR count). The zero-order valence-corrected chi connectivity index (χ0v) is 17.8. The standard InChI is InChI=1S/C24H29NO5/c1-4-28-23-15-18(8-11-21(23)27-3)9-12-24(26)25-20-10-7-17(2)14-22(20)30-16-19-6-5-13-29-19/h7-12,14-15,19H,4-6,13,16H2,1-3H3,(H,25,26). The van der Waals surface area contributed by atoms with E-state index in [0.29, 0.717) is 36.1 Å². The molecule has 2 aromatic carbocycles. The van der Waals surface area contributed by atoms with E-state index >= 15 is 0 Å². The van der Waals surface area contributed by atoms with Gasteiger partial charge in [0.1, 0.15) is 12.4 Å². The lowest BCUT2D eigenvalue weighted by Crippen LogP contribution is -2.17. The summed E-state index contributed by atoms with van der Waals surface area (Å²) >= 11 is 0. The fourth-order valence-electron chi connectivity index (χ4n) is 3.22. The summed E-state index contributed by atoms with van der Waals surface area (Å²) in [5, 5.41) is 2.90. The maximum absolute atomic E-state index is 12.5. The van der Waals surface area contributed by atoms with E-state index in [0.717, 1.165) is 30.6 Å². The molecule has 0 aromatic heterocycles. The molecule has 1 fully saturated rings. The number of carbonyl (C=O) groups is 1. The van der Waals surface area contributed by atoms with Crippen LogP contribution in [-0.4, -0.2) is 38.9 Å². The van der Waals surface area contributed by atoms with Gasteiger partial charge in [-0.05, 0) is 68.2 Å². The molecule has 0 spiro atoms. The number of benzene rings is 2. The second-order valence-corrected chi connectivity index (χ2v) is 7.11. The van der Waals surface area contributed by atoms with Crippen LogP contribution in [0, 0.1) is 6.92 Å². The monoisotopic (exact) mass is 411 g/mol. The molecule has 2 aromatic rings. The number of rotatable bonds is 9. The van der Waals surface area contributed by atoms with E-state index in [1.165, 1.54) is 6.08 Å². The van der Waals surface area contributed by atoms with E-state index in [2.05, 4.69) is 5.32 Å². The molecule has 30 heavy (non-hydrogen) atoms. The average molecular weight is 411 g/mol. The van der Waals surface area contributed by atoms with Crippen molar-refractivity contribution in [1.29, 1.82) is 0 Å². The predicted octanol–water partition coefficient (Wildman–Crippen LogP) is 4.61. The van der Waals surface area contributed by atoms with Gasteiger partial charge in [-0.1, -0.05) is 12.1 Å². The summed E-state index contributed by atoms with van der Waals surface area (Å²) in [5.74, 6) is 1.71. The van der Waals surface area contributed by atoms with E-state index < -0.39 is 0 Å². The van der Waals surface area contributed by atoms with Crippen molar-refractivity contribution in [2.45, 2.75) is 32.8 Å². The Bertz CT molecular complexity index is 887. The van der Waals surface area contributed by atoms with Crippen molar-refractivity contribution in [3.05, 3.63) is 53.6 Å². The lowest BCUT2D eigenvalue weighted by atomic mass is 10.1. The maximum Gasteiger partial charge on any atom is 0.248 e. The number of amides is 1. The quantitative estimate of drug-likeness (QED) is 0.611.